The van der Waals surface area contributed by atoms with E-state index in [4.69, 9.17) is 21.2 Å². The van der Waals surface area contributed by atoms with Crippen LogP contribution in [0.4, 0.5) is 10.1 Å². The number of halogens is 1. The number of aromatic amines is 2. The highest BCUT2D eigenvalue weighted by Gasteiger charge is 2.22. The van der Waals surface area contributed by atoms with Crippen LogP contribution in [0.1, 0.15) is 17.0 Å². The quantitative estimate of drug-likeness (QED) is 0.305. The summed E-state index contributed by atoms with van der Waals surface area (Å²) in [5.74, 6) is 0.577. The predicted octanol–water partition coefficient (Wildman–Crippen LogP) is 3.97. The van der Waals surface area contributed by atoms with Gasteiger partial charge in [0.05, 0.1) is 23.9 Å². The second kappa shape index (κ2) is 8.35. The molecule has 6 N–H and O–H groups in total. The zero-order chi connectivity index (χ0) is 24.8. The number of fused-ring (bicyclic) bond motifs is 2. The molecule has 1 aliphatic rings. The lowest BCUT2D eigenvalue weighted by Crippen LogP contribution is -2.01. The maximum absolute atomic E-state index is 14.3. The number of hydrogen-bond donors (Lipinski definition) is 4. The molecule has 0 saturated heterocycles. The van der Waals surface area contributed by atoms with Gasteiger partial charge in [-0.05, 0) is 35.9 Å². The van der Waals surface area contributed by atoms with Gasteiger partial charge in [-0.1, -0.05) is 6.08 Å². The average molecular weight is 481 g/mol. The standard InChI is InChI=1S/C26H21FN8O/c1-36-19-6-13(4-16(27)8-19)20-3-2-17(28)9-22-23(20)33-26(32-22)24-21-7-15(11-31-25(21)35-34-24)14-5-18(29)12-30-10-14/h2-8,10-12H,9,28-29H2,1H3,(H,32,33)(H,31,34,35). The summed E-state index contributed by atoms with van der Waals surface area (Å²) in [6.45, 7) is 0. The first-order chi connectivity index (χ1) is 17.5. The Morgan fingerprint density at radius 2 is 1.83 bits per heavy atom. The molecule has 0 bridgehead atoms. The summed E-state index contributed by atoms with van der Waals surface area (Å²) in [6, 6.07) is 8.35. The molecule has 0 unspecified atom stereocenters. The van der Waals surface area contributed by atoms with Crippen molar-refractivity contribution >= 4 is 22.3 Å². The molecule has 0 fully saturated rings. The number of nitrogens with two attached hydrogens (primary N) is 2. The number of H-pyrrole nitrogens is 2. The molecule has 178 valence electrons. The molecule has 0 amide bonds. The lowest BCUT2D eigenvalue weighted by Gasteiger charge is -2.08. The smallest absolute Gasteiger partial charge is 0.181 e. The number of allylic oxidation sites excluding steroid dienone is 3. The fourth-order valence-corrected chi connectivity index (χ4v) is 4.33. The first kappa shape index (κ1) is 21.5. The number of hydrogen-bond acceptors (Lipinski definition) is 7. The van der Waals surface area contributed by atoms with Gasteiger partial charge in [-0.15, -0.1) is 0 Å². The van der Waals surface area contributed by atoms with Crippen molar-refractivity contribution in [2.24, 2.45) is 5.73 Å². The number of nitrogen functional groups attached to an aromatic ring is 1. The fourth-order valence-electron chi connectivity index (χ4n) is 4.33. The summed E-state index contributed by atoms with van der Waals surface area (Å²) in [7, 11) is 1.50. The monoisotopic (exact) mass is 480 g/mol. The van der Waals surface area contributed by atoms with Gasteiger partial charge in [-0.2, -0.15) is 5.10 Å². The van der Waals surface area contributed by atoms with E-state index in [-0.39, 0.29) is 0 Å². The van der Waals surface area contributed by atoms with Crippen LogP contribution in [0.5, 0.6) is 5.75 Å². The van der Waals surface area contributed by atoms with E-state index in [1.165, 1.54) is 19.2 Å². The summed E-state index contributed by atoms with van der Waals surface area (Å²) in [6.07, 6.45) is 9.16. The highest BCUT2D eigenvalue weighted by molar-refractivity contribution is 5.92. The average Bonchev–Trinajstić information content (AvgIpc) is 3.43. The minimum atomic E-state index is -0.405. The first-order valence-corrected chi connectivity index (χ1v) is 11.1. The number of methoxy groups -OCH3 is 1. The van der Waals surface area contributed by atoms with E-state index in [1.807, 2.05) is 24.3 Å². The number of ether oxygens (including phenoxy) is 1. The van der Waals surface area contributed by atoms with E-state index in [0.29, 0.717) is 52.0 Å². The summed E-state index contributed by atoms with van der Waals surface area (Å²) in [5, 5.41) is 8.17. The molecular formula is C26H21FN8O. The van der Waals surface area contributed by atoms with Crippen molar-refractivity contribution in [1.82, 2.24) is 30.1 Å². The first-order valence-electron chi connectivity index (χ1n) is 11.1. The molecule has 0 spiro atoms. The molecule has 0 saturated carbocycles. The maximum atomic E-state index is 14.3. The number of pyridine rings is 2. The van der Waals surface area contributed by atoms with E-state index in [1.54, 1.807) is 24.7 Å². The molecule has 0 aliphatic heterocycles. The van der Waals surface area contributed by atoms with Gasteiger partial charge >= 0.3 is 0 Å². The van der Waals surface area contributed by atoms with Gasteiger partial charge in [-0.25, -0.2) is 14.4 Å². The van der Waals surface area contributed by atoms with Gasteiger partial charge in [0, 0.05) is 59.2 Å². The van der Waals surface area contributed by atoms with E-state index in [9.17, 15) is 4.39 Å². The number of anilines is 1. The number of imidazole rings is 1. The zero-order valence-electron chi connectivity index (χ0n) is 19.2. The molecule has 9 nitrogen and oxygen atoms in total. The maximum Gasteiger partial charge on any atom is 0.181 e. The van der Waals surface area contributed by atoms with Crippen LogP contribution >= 0.6 is 0 Å². The number of nitrogens with zero attached hydrogens (tertiary/aromatic N) is 4. The van der Waals surface area contributed by atoms with Crippen LogP contribution in [0.3, 0.4) is 0 Å². The molecule has 0 radical (unpaired) electrons. The van der Waals surface area contributed by atoms with Gasteiger partial charge < -0.3 is 21.2 Å². The molecule has 1 aliphatic carbocycles. The Morgan fingerprint density at radius 1 is 0.972 bits per heavy atom. The van der Waals surface area contributed by atoms with Crippen LogP contribution in [-0.2, 0) is 6.42 Å². The van der Waals surface area contributed by atoms with Gasteiger partial charge in [0.1, 0.15) is 17.3 Å². The third kappa shape index (κ3) is 3.74. The van der Waals surface area contributed by atoms with Crippen molar-refractivity contribution in [2.75, 3.05) is 12.8 Å². The normalized spacial score (nSPS) is 13.2. The number of rotatable bonds is 4. The third-order valence-electron chi connectivity index (χ3n) is 6.04. The fraction of sp³-hybridized carbons (Fsp3) is 0.0769. The Kier molecular flexibility index (Phi) is 4.99. The van der Waals surface area contributed by atoms with Gasteiger partial charge in [0.25, 0.3) is 0 Å². The van der Waals surface area contributed by atoms with Gasteiger partial charge in [-0.3, -0.25) is 10.1 Å². The number of benzene rings is 1. The molecular weight excluding hydrogens is 459 g/mol. The zero-order valence-corrected chi connectivity index (χ0v) is 19.2. The molecule has 10 heteroatoms. The lowest BCUT2D eigenvalue weighted by molar-refractivity contribution is 0.411. The van der Waals surface area contributed by atoms with Crippen LogP contribution in [0.2, 0.25) is 0 Å². The van der Waals surface area contributed by atoms with Crippen LogP contribution in [0, 0.1) is 5.82 Å². The van der Waals surface area contributed by atoms with Crippen molar-refractivity contribution in [3.05, 3.63) is 89.5 Å². The second-order valence-electron chi connectivity index (χ2n) is 8.49. The van der Waals surface area contributed by atoms with Crippen molar-refractivity contribution in [1.29, 1.82) is 0 Å². The van der Waals surface area contributed by atoms with Crippen LogP contribution < -0.4 is 16.2 Å². The third-order valence-corrected chi connectivity index (χ3v) is 6.04. The van der Waals surface area contributed by atoms with Crippen molar-refractivity contribution in [3.8, 4) is 28.4 Å². The van der Waals surface area contributed by atoms with E-state index in [2.05, 4.69) is 25.1 Å². The molecule has 5 aromatic rings. The van der Waals surface area contributed by atoms with Crippen LogP contribution in [0.25, 0.3) is 39.3 Å². The molecule has 1 aromatic carbocycles. The molecule has 6 rings (SSSR count). The summed E-state index contributed by atoms with van der Waals surface area (Å²) in [4.78, 5) is 16.9. The van der Waals surface area contributed by atoms with Crippen LogP contribution in [-0.4, -0.2) is 37.2 Å². The predicted molar refractivity (Wildman–Crippen MR) is 135 cm³/mol. The molecule has 4 aromatic heterocycles. The largest absolute Gasteiger partial charge is 0.497 e. The Balaban J connectivity index is 1.48. The summed E-state index contributed by atoms with van der Waals surface area (Å²) in [5.41, 5.74) is 19.1. The van der Waals surface area contributed by atoms with Crippen molar-refractivity contribution in [3.63, 3.8) is 0 Å². The second-order valence-corrected chi connectivity index (χ2v) is 8.49. The topological polar surface area (TPSA) is 144 Å². The SMILES string of the molecule is COc1cc(F)cc(C2=CC=C(N)Cc3[nH]c(-c4[nH]nc5ncc(-c6cncc(N)c6)cc45)nc32)c1. The minimum absolute atomic E-state index is 0.405. The highest BCUT2D eigenvalue weighted by Crippen LogP contribution is 2.34. The Hall–Kier alpha value is -4.99. The van der Waals surface area contributed by atoms with E-state index >= 15 is 0 Å². The minimum Gasteiger partial charge on any atom is -0.497 e. The van der Waals surface area contributed by atoms with Gasteiger partial charge in [0.15, 0.2) is 11.5 Å². The number of aromatic nitrogens is 6. The highest BCUT2D eigenvalue weighted by atomic mass is 19.1. The lowest BCUT2D eigenvalue weighted by atomic mass is 10.0. The molecule has 0 atom stereocenters. The number of nitrogens with one attached hydrogen (secondary N) is 2. The Labute approximate surface area is 204 Å². The van der Waals surface area contributed by atoms with Crippen molar-refractivity contribution in [2.45, 2.75) is 6.42 Å². The van der Waals surface area contributed by atoms with Crippen LogP contribution in [0.15, 0.2) is 66.8 Å². The van der Waals surface area contributed by atoms with Gasteiger partial charge in [0.2, 0.25) is 0 Å². The summed E-state index contributed by atoms with van der Waals surface area (Å²) >= 11 is 0. The molecule has 4 heterocycles. The Morgan fingerprint density at radius 3 is 2.67 bits per heavy atom. The summed E-state index contributed by atoms with van der Waals surface area (Å²) < 4.78 is 19.6. The van der Waals surface area contributed by atoms with Crippen molar-refractivity contribution < 1.29 is 9.13 Å². The van der Waals surface area contributed by atoms with E-state index in [0.717, 1.165) is 27.8 Å². The van der Waals surface area contributed by atoms with E-state index < -0.39 is 5.82 Å². The molecule has 36 heavy (non-hydrogen) atoms. The Bertz CT molecular complexity index is 1700.